The first-order valence-corrected chi connectivity index (χ1v) is 7.70. The Labute approximate surface area is 128 Å². The number of carbonyl (C=O) groups excluding carboxylic acids is 2. The molecular formula is C17H30O4. The van der Waals surface area contributed by atoms with Gasteiger partial charge in [-0.1, -0.05) is 34.3 Å². The summed E-state index contributed by atoms with van der Waals surface area (Å²) in [6.45, 7) is 15.6. The Morgan fingerprint density at radius 2 is 1.29 bits per heavy atom. The Bertz CT molecular complexity index is 358. The van der Waals surface area contributed by atoms with Crippen LogP contribution in [0.1, 0.15) is 60.8 Å². The predicted octanol–water partition coefficient (Wildman–Crippen LogP) is 3.89. The average Bonchev–Trinajstić information content (AvgIpc) is 2.25. The molecule has 0 aliphatic heterocycles. The van der Waals surface area contributed by atoms with Gasteiger partial charge in [-0.15, -0.1) is 0 Å². The first-order valence-electron chi connectivity index (χ1n) is 7.70. The second-order valence-electron chi connectivity index (χ2n) is 6.56. The summed E-state index contributed by atoms with van der Waals surface area (Å²) in [7, 11) is 0. The number of hydrogen-bond donors (Lipinski definition) is 0. The molecule has 0 aliphatic carbocycles. The van der Waals surface area contributed by atoms with E-state index >= 15 is 0 Å². The lowest BCUT2D eigenvalue weighted by atomic mass is 10.1. The normalized spacial score (nSPS) is 13.9. The molecule has 122 valence electrons. The van der Waals surface area contributed by atoms with Crippen molar-refractivity contribution in [2.75, 3.05) is 0 Å². The molecule has 0 spiro atoms. The Morgan fingerprint density at radius 1 is 0.857 bits per heavy atom. The molecule has 0 saturated carbocycles. The van der Waals surface area contributed by atoms with Gasteiger partial charge in [0.05, 0.1) is 18.6 Å². The molecule has 21 heavy (non-hydrogen) atoms. The Morgan fingerprint density at radius 3 is 1.71 bits per heavy atom. The van der Waals surface area contributed by atoms with Gasteiger partial charge >= 0.3 is 11.9 Å². The van der Waals surface area contributed by atoms with Gasteiger partial charge in [0.15, 0.2) is 0 Å². The van der Waals surface area contributed by atoms with Crippen LogP contribution in [0.15, 0.2) is 12.2 Å². The third kappa shape index (κ3) is 10.1. The number of esters is 2. The molecule has 0 aromatic rings. The largest absolute Gasteiger partial charge is 0.462 e. The fraction of sp³-hybridized carbons (Fsp3) is 0.765. The Balaban J connectivity index is 4.17. The third-order valence-electron chi connectivity index (χ3n) is 2.89. The van der Waals surface area contributed by atoms with E-state index in [4.69, 9.17) is 9.47 Å². The van der Waals surface area contributed by atoms with Crippen LogP contribution in [0.5, 0.6) is 0 Å². The zero-order valence-electron chi connectivity index (χ0n) is 14.3. The SMILES string of the molecule is C=C(CC(=O)OC(C)CC(C)C)C(=O)OC(C)CC(C)C. The van der Waals surface area contributed by atoms with Crippen molar-refractivity contribution in [3.05, 3.63) is 12.2 Å². The number of carbonyl (C=O) groups is 2. The number of rotatable bonds is 9. The van der Waals surface area contributed by atoms with Gasteiger partial charge in [-0.25, -0.2) is 4.79 Å². The smallest absolute Gasteiger partial charge is 0.334 e. The molecule has 2 atom stereocenters. The molecule has 0 radical (unpaired) electrons. The molecule has 0 rings (SSSR count). The lowest BCUT2D eigenvalue weighted by Gasteiger charge is -2.17. The van der Waals surface area contributed by atoms with Crippen LogP contribution >= 0.6 is 0 Å². The van der Waals surface area contributed by atoms with E-state index in [0.717, 1.165) is 12.8 Å². The van der Waals surface area contributed by atoms with Gasteiger partial charge in [0.25, 0.3) is 0 Å². The second kappa shape index (κ2) is 9.59. The molecule has 0 aromatic carbocycles. The summed E-state index contributed by atoms with van der Waals surface area (Å²) in [4.78, 5) is 23.5. The fourth-order valence-corrected chi connectivity index (χ4v) is 2.20. The van der Waals surface area contributed by atoms with Crippen LogP contribution in [-0.4, -0.2) is 24.1 Å². The quantitative estimate of drug-likeness (QED) is 0.478. The van der Waals surface area contributed by atoms with Gasteiger partial charge in [0.2, 0.25) is 0 Å². The first-order chi connectivity index (χ1) is 9.61. The van der Waals surface area contributed by atoms with Gasteiger partial charge < -0.3 is 9.47 Å². The molecule has 0 heterocycles. The van der Waals surface area contributed by atoms with Crippen LogP contribution in [0.2, 0.25) is 0 Å². The van der Waals surface area contributed by atoms with Gasteiger partial charge in [0, 0.05) is 5.57 Å². The van der Waals surface area contributed by atoms with Crippen molar-refractivity contribution >= 4 is 11.9 Å². The van der Waals surface area contributed by atoms with Crippen molar-refractivity contribution in [3.63, 3.8) is 0 Å². The van der Waals surface area contributed by atoms with Gasteiger partial charge in [-0.3, -0.25) is 4.79 Å². The molecule has 0 amide bonds. The topological polar surface area (TPSA) is 52.6 Å². The first kappa shape index (κ1) is 19.7. The summed E-state index contributed by atoms with van der Waals surface area (Å²) in [5.41, 5.74) is 0.146. The average molecular weight is 298 g/mol. The lowest BCUT2D eigenvalue weighted by Crippen LogP contribution is -2.21. The van der Waals surface area contributed by atoms with E-state index in [0.29, 0.717) is 11.8 Å². The van der Waals surface area contributed by atoms with Crippen molar-refractivity contribution in [1.82, 2.24) is 0 Å². The predicted molar refractivity (Wildman–Crippen MR) is 83.8 cm³/mol. The fourth-order valence-electron chi connectivity index (χ4n) is 2.20. The molecule has 0 aliphatic rings. The number of hydrogen-bond acceptors (Lipinski definition) is 4. The summed E-state index contributed by atoms with van der Waals surface area (Å²) >= 11 is 0. The lowest BCUT2D eigenvalue weighted by molar-refractivity contribution is -0.151. The molecule has 0 bridgehead atoms. The minimum absolute atomic E-state index is 0.115. The maximum Gasteiger partial charge on any atom is 0.334 e. The van der Waals surface area contributed by atoms with Crippen LogP contribution in [0.3, 0.4) is 0 Å². The van der Waals surface area contributed by atoms with Crippen LogP contribution in [-0.2, 0) is 19.1 Å². The summed E-state index contributed by atoms with van der Waals surface area (Å²) in [5, 5.41) is 0. The highest BCUT2D eigenvalue weighted by Crippen LogP contribution is 2.13. The molecule has 0 N–H and O–H groups in total. The van der Waals surface area contributed by atoms with E-state index < -0.39 is 11.9 Å². The van der Waals surface area contributed by atoms with E-state index in [9.17, 15) is 9.59 Å². The van der Waals surface area contributed by atoms with Crippen molar-refractivity contribution < 1.29 is 19.1 Å². The summed E-state index contributed by atoms with van der Waals surface area (Å²) in [5.74, 6) is -0.0426. The molecule has 0 aromatic heterocycles. The van der Waals surface area contributed by atoms with Crippen LogP contribution in [0.25, 0.3) is 0 Å². The molecule has 4 nitrogen and oxygen atoms in total. The van der Waals surface area contributed by atoms with E-state index in [-0.39, 0.29) is 24.2 Å². The van der Waals surface area contributed by atoms with Crippen LogP contribution in [0, 0.1) is 11.8 Å². The van der Waals surface area contributed by atoms with Crippen molar-refractivity contribution in [2.24, 2.45) is 11.8 Å². The highest BCUT2D eigenvalue weighted by molar-refractivity contribution is 5.93. The van der Waals surface area contributed by atoms with E-state index in [1.807, 2.05) is 13.8 Å². The summed E-state index contributed by atoms with van der Waals surface area (Å²) in [6.07, 6.45) is 1.14. The van der Waals surface area contributed by atoms with Crippen LogP contribution < -0.4 is 0 Å². The number of ether oxygens (including phenoxy) is 2. The minimum atomic E-state index is -0.517. The summed E-state index contributed by atoms with van der Waals surface area (Å²) in [6, 6.07) is 0. The van der Waals surface area contributed by atoms with Crippen LogP contribution in [0.4, 0.5) is 0 Å². The third-order valence-corrected chi connectivity index (χ3v) is 2.89. The molecule has 4 heteroatoms. The van der Waals surface area contributed by atoms with E-state index in [1.165, 1.54) is 0 Å². The van der Waals surface area contributed by atoms with Crippen molar-refractivity contribution in [3.8, 4) is 0 Å². The highest BCUT2D eigenvalue weighted by atomic mass is 16.5. The van der Waals surface area contributed by atoms with E-state index in [2.05, 4.69) is 34.3 Å². The zero-order chi connectivity index (χ0) is 16.6. The highest BCUT2D eigenvalue weighted by Gasteiger charge is 2.19. The van der Waals surface area contributed by atoms with Gasteiger partial charge in [-0.05, 0) is 38.5 Å². The maximum absolute atomic E-state index is 11.8. The molecule has 2 unspecified atom stereocenters. The molecule has 0 fully saturated rings. The zero-order valence-corrected chi connectivity index (χ0v) is 14.3. The minimum Gasteiger partial charge on any atom is -0.462 e. The second-order valence-corrected chi connectivity index (χ2v) is 6.56. The van der Waals surface area contributed by atoms with E-state index in [1.54, 1.807) is 0 Å². The molecule has 0 saturated heterocycles. The Kier molecular flexibility index (Phi) is 8.98. The monoisotopic (exact) mass is 298 g/mol. The van der Waals surface area contributed by atoms with Gasteiger partial charge in [0.1, 0.15) is 0 Å². The standard InChI is InChI=1S/C17H30O4/c1-11(2)8-14(6)20-16(18)10-13(5)17(19)21-15(7)9-12(3)4/h11-12,14-15H,5,8-10H2,1-4,6-7H3. The van der Waals surface area contributed by atoms with Crippen molar-refractivity contribution in [2.45, 2.75) is 73.0 Å². The summed E-state index contributed by atoms with van der Waals surface area (Å²) < 4.78 is 10.5. The Hall–Kier alpha value is -1.32. The molecular weight excluding hydrogens is 268 g/mol. The van der Waals surface area contributed by atoms with Crippen molar-refractivity contribution in [1.29, 1.82) is 0 Å². The maximum atomic E-state index is 11.8. The van der Waals surface area contributed by atoms with Gasteiger partial charge in [-0.2, -0.15) is 0 Å².